The van der Waals surface area contributed by atoms with E-state index in [4.69, 9.17) is 4.74 Å². The van der Waals surface area contributed by atoms with Crippen molar-refractivity contribution in [3.8, 4) is 0 Å². The highest BCUT2D eigenvalue weighted by atomic mass is 32.1. The lowest BCUT2D eigenvalue weighted by Crippen LogP contribution is -2.52. The van der Waals surface area contributed by atoms with Gasteiger partial charge in [0.25, 0.3) is 5.91 Å². The van der Waals surface area contributed by atoms with Crippen molar-refractivity contribution in [2.75, 3.05) is 12.3 Å². The van der Waals surface area contributed by atoms with Crippen molar-refractivity contribution in [2.24, 2.45) is 0 Å². The molecule has 2 amide bonds. The molecule has 0 saturated carbocycles. The molecule has 0 spiro atoms. The van der Waals surface area contributed by atoms with E-state index in [1.165, 1.54) is 5.56 Å². The molecule has 0 aromatic heterocycles. The molecule has 0 aliphatic carbocycles. The fourth-order valence-electron chi connectivity index (χ4n) is 2.19. The van der Waals surface area contributed by atoms with Gasteiger partial charge in [0, 0.05) is 12.3 Å². The highest BCUT2D eigenvalue weighted by Crippen LogP contribution is 2.01. The van der Waals surface area contributed by atoms with Gasteiger partial charge in [-0.05, 0) is 17.5 Å². The fraction of sp³-hybridized carbons (Fsp3) is 0.263. The number of benzene rings is 2. The molecule has 2 rings (SSSR count). The lowest BCUT2D eigenvalue weighted by atomic mass is 10.2. The highest BCUT2D eigenvalue weighted by molar-refractivity contribution is 7.80. The summed E-state index contributed by atoms with van der Waals surface area (Å²) in [5.41, 5.74) is 7.47. The number of hydrazine groups is 1. The van der Waals surface area contributed by atoms with Crippen LogP contribution in [0.1, 0.15) is 11.1 Å². The lowest BCUT2D eigenvalue weighted by molar-refractivity contribution is -0.123. The van der Waals surface area contributed by atoms with Gasteiger partial charge >= 0.3 is 6.09 Å². The minimum atomic E-state index is -0.786. The smallest absolute Gasteiger partial charge is 0.408 e. The van der Waals surface area contributed by atoms with E-state index < -0.39 is 12.1 Å². The van der Waals surface area contributed by atoms with Gasteiger partial charge in [-0.15, -0.1) is 0 Å². The maximum atomic E-state index is 12.1. The Morgan fingerprint density at radius 3 is 2.19 bits per heavy atom. The first-order valence-electron chi connectivity index (χ1n) is 8.33. The molecule has 0 aliphatic rings. The summed E-state index contributed by atoms with van der Waals surface area (Å²) in [7, 11) is 0. The predicted octanol–water partition coefficient (Wildman–Crippen LogP) is 2.07. The standard InChI is InChI=1S/C19H23N3O3S/c23-18(22-20-12-11-15-7-3-1-4-8-15)17(14-26)21-19(24)25-13-16-9-5-2-6-10-16/h1-10,17,20,26H,11-14H2,(H,21,24)(H,22,23)/t17-/m0/s1. The van der Waals surface area contributed by atoms with Crippen LogP contribution in [0.5, 0.6) is 0 Å². The van der Waals surface area contributed by atoms with Gasteiger partial charge in [0.15, 0.2) is 0 Å². The molecule has 0 fully saturated rings. The number of amides is 2. The zero-order valence-corrected chi connectivity index (χ0v) is 15.2. The van der Waals surface area contributed by atoms with Gasteiger partial charge in [-0.3, -0.25) is 10.2 Å². The first kappa shape index (κ1) is 19.8. The monoisotopic (exact) mass is 373 g/mol. The maximum absolute atomic E-state index is 12.1. The first-order valence-corrected chi connectivity index (χ1v) is 8.97. The number of alkyl carbamates (subject to hydrolysis) is 1. The molecule has 0 radical (unpaired) electrons. The Hall–Kier alpha value is -2.51. The Morgan fingerprint density at radius 2 is 1.58 bits per heavy atom. The summed E-state index contributed by atoms with van der Waals surface area (Å²) in [6, 6.07) is 18.5. The largest absolute Gasteiger partial charge is 0.445 e. The molecule has 2 aromatic rings. The molecule has 2 aromatic carbocycles. The van der Waals surface area contributed by atoms with E-state index in [0.717, 1.165) is 12.0 Å². The molecule has 0 saturated heterocycles. The van der Waals surface area contributed by atoms with Crippen molar-refractivity contribution in [3.63, 3.8) is 0 Å². The van der Waals surface area contributed by atoms with Gasteiger partial charge in [0.05, 0.1) is 0 Å². The lowest BCUT2D eigenvalue weighted by Gasteiger charge is -2.17. The van der Waals surface area contributed by atoms with Crippen LogP contribution in [0.2, 0.25) is 0 Å². The van der Waals surface area contributed by atoms with Crippen LogP contribution in [0, 0.1) is 0 Å². The quantitative estimate of drug-likeness (QED) is 0.308. The molecule has 138 valence electrons. The maximum Gasteiger partial charge on any atom is 0.408 e. The summed E-state index contributed by atoms with van der Waals surface area (Å²) in [6.07, 6.45) is 0.117. The molecular formula is C19H23N3O3S. The Balaban J connectivity index is 1.67. The van der Waals surface area contributed by atoms with Crippen molar-refractivity contribution < 1.29 is 14.3 Å². The van der Waals surface area contributed by atoms with Crippen LogP contribution in [-0.4, -0.2) is 30.3 Å². The number of carbonyl (C=O) groups is 2. The summed E-state index contributed by atoms with van der Waals surface area (Å²) in [5, 5.41) is 2.51. The van der Waals surface area contributed by atoms with E-state index in [2.05, 4.69) is 28.8 Å². The van der Waals surface area contributed by atoms with Crippen LogP contribution in [0.25, 0.3) is 0 Å². The fourth-order valence-corrected chi connectivity index (χ4v) is 2.45. The summed E-state index contributed by atoms with van der Waals surface area (Å²) in [4.78, 5) is 23.9. The molecule has 1 atom stereocenters. The molecular weight excluding hydrogens is 350 g/mol. The van der Waals surface area contributed by atoms with Gasteiger partial charge in [-0.2, -0.15) is 12.6 Å². The van der Waals surface area contributed by atoms with E-state index in [0.29, 0.717) is 6.54 Å². The van der Waals surface area contributed by atoms with Crippen LogP contribution < -0.4 is 16.2 Å². The molecule has 7 heteroatoms. The van der Waals surface area contributed by atoms with Gasteiger partial charge < -0.3 is 10.1 Å². The minimum Gasteiger partial charge on any atom is -0.445 e. The second kappa shape index (κ2) is 11.2. The molecule has 0 bridgehead atoms. The normalized spacial score (nSPS) is 11.4. The predicted molar refractivity (Wildman–Crippen MR) is 104 cm³/mol. The van der Waals surface area contributed by atoms with E-state index in [1.807, 2.05) is 60.7 Å². The van der Waals surface area contributed by atoms with Gasteiger partial charge in [0.2, 0.25) is 0 Å². The molecule has 6 nitrogen and oxygen atoms in total. The van der Waals surface area contributed by atoms with Crippen LogP contribution in [0.4, 0.5) is 4.79 Å². The average Bonchev–Trinajstić information content (AvgIpc) is 2.69. The minimum absolute atomic E-state index is 0.142. The van der Waals surface area contributed by atoms with E-state index in [1.54, 1.807) is 0 Å². The average molecular weight is 373 g/mol. The number of ether oxygens (including phenoxy) is 1. The highest BCUT2D eigenvalue weighted by Gasteiger charge is 2.19. The summed E-state index contributed by atoms with van der Waals surface area (Å²) >= 11 is 4.11. The van der Waals surface area contributed by atoms with Crippen molar-refractivity contribution in [1.82, 2.24) is 16.2 Å². The second-order valence-electron chi connectivity index (χ2n) is 5.59. The molecule has 0 aliphatic heterocycles. The number of thiol groups is 1. The van der Waals surface area contributed by atoms with Gasteiger partial charge in [-0.1, -0.05) is 60.7 Å². The third-order valence-electron chi connectivity index (χ3n) is 3.60. The molecule has 0 unspecified atom stereocenters. The summed E-state index contributed by atoms with van der Waals surface area (Å²) < 4.78 is 5.11. The van der Waals surface area contributed by atoms with Crippen LogP contribution in [-0.2, 0) is 22.6 Å². The Morgan fingerprint density at radius 1 is 0.962 bits per heavy atom. The van der Waals surface area contributed by atoms with E-state index in [9.17, 15) is 9.59 Å². The van der Waals surface area contributed by atoms with Crippen LogP contribution in [0.3, 0.4) is 0 Å². The number of nitrogens with one attached hydrogen (secondary N) is 3. The summed E-state index contributed by atoms with van der Waals surface area (Å²) in [5.74, 6) is -0.211. The van der Waals surface area contributed by atoms with E-state index >= 15 is 0 Å². The van der Waals surface area contributed by atoms with Gasteiger partial charge in [0.1, 0.15) is 12.6 Å². The third-order valence-corrected chi connectivity index (χ3v) is 3.96. The number of hydrogen-bond acceptors (Lipinski definition) is 5. The Labute approximate surface area is 158 Å². The van der Waals surface area contributed by atoms with E-state index in [-0.39, 0.29) is 18.3 Å². The first-order chi connectivity index (χ1) is 12.7. The number of rotatable bonds is 9. The zero-order valence-electron chi connectivity index (χ0n) is 14.4. The van der Waals surface area contributed by atoms with Crippen molar-refractivity contribution >= 4 is 24.6 Å². The van der Waals surface area contributed by atoms with Crippen LogP contribution >= 0.6 is 12.6 Å². The van der Waals surface area contributed by atoms with Crippen molar-refractivity contribution in [1.29, 1.82) is 0 Å². The number of carbonyl (C=O) groups excluding carboxylic acids is 2. The second-order valence-corrected chi connectivity index (χ2v) is 5.96. The Kier molecular flexibility index (Phi) is 8.51. The molecule has 0 heterocycles. The number of hydrogen-bond donors (Lipinski definition) is 4. The van der Waals surface area contributed by atoms with Crippen molar-refractivity contribution in [3.05, 3.63) is 71.8 Å². The van der Waals surface area contributed by atoms with Crippen molar-refractivity contribution in [2.45, 2.75) is 19.1 Å². The zero-order chi connectivity index (χ0) is 18.6. The SMILES string of the molecule is O=C(N[C@@H](CS)C(=O)NNCCc1ccccc1)OCc1ccccc1. The van der Waals surface area contributed by atoms with Gasteiger partial charge in [-0.25, -0.2) is 10.2 Å². The third kappa shape index (κ3) is 7.16. The molecule has 26 heavy (non-hydrogen) atoms. The summed E-state index contributed by atoms with van der Waals surface area (Å²) in [6.45, 7) is 0.719. The Bertz CT molecular complexity index is 683. The topological polar surface area (TPSA) is 79.5 Å². The van der Waals surface area contributed by atoms with Crippen LogP contribution in [0.15, 0.2) is 60.7 Å². The molecule has 3 N–H and O–H groups in total.